The number of carbonyl (C=O) groups is 1. The average Bonchev–Trinajstić information content (AvgIpc) is 3.50. The minimum absolute atomic E-state index is 0.105. The molecular weight excluding hydrogens is 424 g/mol. The Bertz CT molecular complexity index is 1100. The van der Waals surface area contributed by atoms with E-state index < -0.39 is 30.5 Å². The molecule has 0 radical (unpaired) electrons. The Balaban J connectivity index is 1.57. The summed E-state index contributed by atoms with van der Waals surface area (Å²) in [6, 6.07) is 9.36. The van der Waals surface area contributed by atoms with Crippen molar-refractivity contribution in [2.24, 2.45) is 5.84 Å². The van der Waals surface area contributed by atoms with Gasteiger partial charge in [0.2, 0.25) is 6.29 Å². The van der Waals surface area contributed by atoms with Crippen LogP contribution in [0, 0.1) is 0 Å². The van der Waals surface area contributed by atoms with Gasteiger partial charge in [-0.05, 0) is 0 Å². The van der Waals surface area contributed by atoms with Gasteiger partial charge < -0.3 is 19.3 Å². The van der Waals surface area contributed by atoms with E-state index in [4.69, 9.17) is 20.1 Å². The molecule has 2 aliphatic rings. The molecule has 1 saturated heterocycles. The van der Waals surface area contributed by atoms with Crippen LogP contribution in [-0.2, 0) is 19.0 Å². The summed E-state index contributed by atoms with van der Waals surface area (Å²) in [6.07, 6.45) is -0.862. The van der Waals surface area contributed by atoms with Crippen LogP contribution >= 0.6 is 11.3 Å². The number of hydrogen-bond acceptors (Lipinski definition) is 10. The molecule has 0 saturated carbocycles. The van der Waals surface area contributed by atoms with Crippen LogP contribution in [0.25, 0.3) is 16.4 Å². The first kappa shape index (κ1) is 19.8. The number of aliphatic hydroxyl groups is 1. The van der Waals surface area contributed by atoms with E-state index in [1.54, 1.807) is 12.4 Å². The third kappa shape index (κ3) is 3.60. The zero-order chi connectivity index (χ0) is 21.4. The fourth-order valence-corrected chi connectivity index (χ4v) is 4.07. The van der Waals surface area contributed by atoms with E-state index >= 15 is 0 Å². The van der Waals surface area contributed by atoms with Gasteiger partial charge in [-0.1, -0.05) is 35.5 Å². The average molecular weight is 442 g/mol. The quantitative estimate of drug-likeness (QED) is 0.297. The number of fused-ring (bicyclic) bond motifs is 1. The summed E-state index contributed by atoms with van der Waals surface area (Å²) in [5.41, 5.74) is 3.56. The van der Waals surface area contributed by atoms with Crippen molar-refractivity contribution in [3.8, 4) is 10.7 Å². The highest BCUT2D eigenvalue weighted by Crippen LogP contribution is 2.38. The number of rotatable bonds is 4. The number of aromatic nitrogens is 4. The number of hydrazine groups is 1. The molecule has 5 rings (SSSR count). The van der Waals surface area contributed by atoms with Gasteiger partial charge >= 0.3 is 0 Å². The maximum absolute atomic E-state index is 12.2. The summed E-state index contributed by atoms with van der Waals surface area (Å²) in [7, 11) is 0. The summed E-state index contributed by atoms with van der Waals surface area (Å²) < 4.78 is 19.0. The highest BCUT2D eigenvalue weighted by atomic mass is 32.1. The van der Waals surface area contributed by atoms with Crippen LogP contribution in [0.15, 0.2) is 53.9 Å². The molecule has 0 spiro atoms. The minimum Gasteiger partial charge on any atom is -0.460 e. The molecule has 31 heavy (non-hydrogen) atoms. The molecule has 11 nitrogen and oxygen atoms in total. The van der Waals surface area contributed by atoms with Crippen LogP contribution < -0.4 is 11.3 Å². The maximum atomic E-state index is 12.2. The largest absolute Gasteiger partial charge is 0.460 e. The minimum atomic E-state index is -1.41. The normalized spacial score (nSPS) is 25.6. The second-order valence-electron chi connectivity index (χ2n) is 6.83. The van der Waals surface area contributed by atoms with Gasteiger partial charge in [-0.25, -0.2) is 15.5 Å². The van der Waals surface area contributed by atoms with Gasteiger partial charge in [0.1, 0.15) is 28.6 Å². The summed E-state index contributed by atoms with van der Waals surface area (Å²) in [4.78, 5) is 16.4. The van der Waals surface area contributed by atoms with Crippen LogP contribution in [0.2, 0.25) is 0 Å². The fraction of sp³-hybridized carbons (Fsp3) is 0.263. The molecule has 1 aromatic carbocycles. The summed E-state index contributed by atoms with van der Waals surface area (Å²) in [6.45, 7) is 0.105. The lowest BCUT2D eigenvalue weighted by molar-refractivity contribution is -0.217. The molecule has 12 heteroatoms. The Morgan fingerprint density at radius 2 is 2.16 bits per heavy atom. The first-order chi connectivity index (χ1) is 15.2. The van der Waals surface area contributed by atoms with E-state index in [1.807, 2.05) is 41.1 Å². The number of hydrogen-bond donors (Lipinski definition) is 3. The van der Waals surface area contributed by atoms with Gasteiger partial charge in [0.05, 0.1) is 12.8 Å². The number of aliphatic hydroxyl groups excluding tert-OH is 1. The maximum Gasteiger partial charge on any atom is 0.266 e. The van der Waals surface area contributed by atoms with Crippen LogP contribution in [0.3, 0.4) is 0 Å². The smallest absolute Gasteiger partial charge is 0.266 e. The molecular formula is C19H18N6O5S. The van der Waals surface area contributed by atoms with E-state index in [9.17, 15) is 9.90 Å². The third-order valence-corrected chi connectivity index (χ3v) is 5.72. The van der Waals surface area contributed by atoms with Gasteiger partial charge in [0, 0.05) is 17.1 Å². The van der Waals surface area contributed by atoms with Crippen molar-refractivity contribution in [3.05, 3.63) is 59.4 Å². The number of nitrogens with two attached hydrogens (primary N) is 1. The lowest BCUT2D eigenvalue weighted by Gasteiger charge is -2.40. The van der Waals surface area contributed by atoms with E-state index in [0.717, 1.165) is 5.56 Å². The van der Waals surface area contributed by atoms with E-state index in [0.29, 0.717) is 16.5 Å². The highest BCUT2D eigenvalue weighted by molar-refractivity contribution is 7.13. The van der Waals surface area contributed by atoms with Gasteiger partial charge in [0.15, 0.2) is 11.9 Å². The van der Waals surface area contributed by atoms with E-state index in [1.165, 1.54) is 16.0 Å². The number of benzene rings is 1. The zero-order valence-corrected chi connectivity index (χ0v) is 16.8. The predicted octanol–water partition coefficient (Wildman–Crippen LogP) is 0.434. The van der Waals surface area contributed by atoms with E-state index in [-0.39, 0.29) is 12.3 Å². The Hall–Kier alpha value is -3.16. The zero-order valence-electron chi connectivity index (χ0n) is 16.0. The van der Waals surface area contributed by atoms with Crippen LogP contribution in [-0.4, -0.2) is 55.9 Å². The van der Waals surface area contributed by atoms with Gasteiger partial charge in [-0.15, -0.1) is 16.4 Å². The highest BCUT2D eigenvalue weighted by Gasteiger charge is 2.46. The SMILES string of the molecule is NNC(=O)[C@@H]1OC2COC(c3ccccc3)OC2=C(n2cc(-c3nccs3)nn2)C1O. The number of ether oxygens (including phenoxy) is 3. The van der Waals surface area contributed by atoms with Crippen molar-refractivity contribution in [2.75, 3.05) is 6.61 Å². The Morgan fingerprint density at radius 1 is 1.32 bits per heavy atom. The summed E-state index contributed by atoms with van der Waals surface area (Å²) in [5.74, 6) is 4.90. The molecule has 3 aromatic rings. The van der Waals surface area contributed by atoms with Gasteiger partial charge in [-0.2, -0.15) is 0 Å². The molecule has 4 N–H and O–H groups in total. The van der Waals surface area contributed by atoms with Crippen molar-refractivity contribution in [1.29, 1.82) is 0 Å². The summed E-state index contributed by atoms with van der Waals surface area (Å²) >= 11 is 1.40. The van der Waals surface area contributed by atoms with Crippen molar-refractivity contribution >= 4 is 22.9 Å². The van der Waals surface area contributed by atoms with Crippen molar-refractivity contribution in [1.82, 2.24) is 25.4 Å². The monoisotopic (exact) mass is 442 g/mol. The molecule has 4 heterocycles. The first-order valence-electron chi connectivity index (χ1n) is 9.39. The number of nitrogens with one attached hydrogen (secondary N) is 1. The third-order valence-electron chi connectivity index (χ3n) is 4.92. The molecule has 2 aromatic heterocycles. The second kappa shape index (κ2) is 8.17. The van der Waals surface area contributed by atoms with Gasteiger partial charge in [0.25, 0.3) is 5.91 Å². The predicted molar refractivity (Wildman–Crippen MR) is 108 cm³/mol. The number of thiazole rings is 1. The van der Waals surface area contributed by atoms with E-state index in [2.05, 4.69) is 15.3 Å². The standard InChI is InChI=1S/C19H18N6O5S/c20-22-17(27)16-14(26)13(25-8-11(23-24-25)18-21-6-7-31-18)15-12(29-16)9-28-19(30-15)10-4-2-1-3-5-10/h1-8,12,14,16,19,26H,9,20H2,(H,22,27)/t12?,14?,16-,19?/m1/s1. The van der Waals surface area contributed by atoms with Crippen LogP contribution in [0.4, 0.5) is 0 Å². The molecule has 4 atom stereocenters. The van der Waals surface area contributed by atoms with Crippen molar-refractivity contribution < 1.29 is 24.1 Å². The molecule has 0 bridgehead atoms. The number of nitrogens with zero attached hydrogens (tertiary/aromatic N) is 4. The van der Waals surface area contributed by atoms with Gasteiger partial charge in [-0.3, -0.25) is 10.2 Å². The molecule has 0 aliphatic carbocycles. The Morgan fingerprint density at radius 3 is 2.90 bits per heavy atom. The summed E-state index contributed by atoms with van der Waals surface area (Å²) in [5, 5.41) is 21.8. The number of amides is 1. The molecule has 3 unspecified atom stereocenters. The fourth-order valence-electron chi connectivity index (χ4n) is 3.48. The van der Waals surface area contributed by atoms with Crippen molar-refractivity contribution in [2.45, 2.75) is 24.6 Å². The lowest BCUT2D eigenvalue weighted by Crippen LogP contribution is -2.54. The van der Waals surface area contributed by atoms with Crippen LogP contribution in [0.5, 0.6) is 0 Å². The molecule has 160 valence electrons. The first-order valence-corrected chi connectivity index (χ1v) is 10.3. The molecule has 2 aliphatic heterocycles. The Kier molecular flexibility index (Phi) is 5.21. The second-order valence-corrected chi connectivity index (χ2v) is 7.72. The number of carbonyl (C=O) groups excluding carboxylic acids is 1. The molecule has 1 amide bonds. The topological polar surface area (TPSA) is 147 Å². The molecule has 1 fully saturated rings. The van der Waals surface area contributed by atoms with Crippen molar-refractivity contribution in [3.63, 3.8) is 0 Å². The lowest BCUT2D eigenvalue weighted by atomic mass is 10.0. The van der Waals surface area contributed by atoms with Crippen LogP contribution in [0.1, 0.15) is 11.9 Å². The Labute approximate surface area is 180 Å².